The lowest BCUT2D eigenvalue weighted by atomic mass is 9.59. The maximum atomic E-state index is 11.7. The van der Waals surface area contributed by atoms with Gasteiger partial charge in [-0.15, -0.1) is 0 Å². The largest absolute Gasteiger partial charge is 0.299 e. The number of hydrogen-bond donors (Lipinski definition) is 0. The molecule has 1 heteroatoms. The van der Waals surface area contributed by atoms with Crippen LogP contribution in [0.15, 0.2) is 0 Å². The van der Waals surface area contributed by atoms with Gasteiger partial charge in [-0.3, -0.25) is 4.79 Å². The maximum absolute atomic E-state index is 11.7. The molecule has 2 atom stereocenters. The van der Waals surface area contributed by atoms with Crippen LogP contribution in [-0.4, -0.2) is 5.78 Å². The average molecular weight is 166 g/mol. The number of hydrogen-bond acceptors (Lipinski definition) is 1. The van der Waals surface area contributed by atoms with Gasteiger partial charge in [0.25, 0.3) is 0 Å². The fraction of sp³-hybridized carbons (Fsp3) is 0.909. The summed E-state index contributed by atoms with van der Waals surface area (Å²) in [6.07, 6.45) is 6.99. The number of fused-ring (bicyclic) bond motifs is 1. The molecule has 0 heterocycles. The zero-order valence-corrected chi connectivity index (χ0v) is 8.15. The first-order valence-electron chi connectivity index (χ1n) is 5.12. The Morgan fingerprint density at radius 1 is 1.08 bits per heavy atom. The zero-order valence-electron chi connectivity index (χ0n) is 8.15. The maximum Gasteiger partial charge on any atom is 0.139 e. The highest BCUT2D eigenvalue weighted by Gasteiger charge is 2.54. The monoisotopic (exact) mass is 166 g/mol. The van der Waals surface area contributed by atoms with Crippen molar-refractivity contribution in [1.82, 2.24) is 0 Å². The lowest BCUT2D eigenvalue weighted by molar-refractivity contribution is -0.130. The van der Waals surface area contributed by atoms with Crippen LogP contribution in [-0.2, 0) is 4.79 Å². The van der Waals surface area contributed by atoms with E-state index < -0.39 is 0 Å². The summed E-state index contributed by atoms with van der Waals surface area (Å²) >= 11 is 0. The fourth-order valence-electron chi connectivity index (χ4n) is 3.11. The summed E-state index contributed by atoms with van der Waals surface area (Å²) in [6.45, 7) is 4.51. The Bertz CT molecular complexity index is 221. The van der Waals surface area contributed by atoms with Crippen LogP contribution in [0.25, 0.3) is 0 Å². The summed E-state index contributed by atoms with van der Waals surface area (Å²) in [7, 11) is 0. The molecule has 0 aromatic rings. The molecule has 68 valence electrons. The van der Waals surface area contributed by atoms with Crippen LogP contribution in [0.3, 0.4) is 0 Å². The van der Waals surface area contributed by atoms with Crippen molar-refractivity contribution < 1.29 is 4.79 Å². The number of rotatable bonds is 0. The van der Waals surface area contributed by atoms with Crippen molar-refractivity contribution in [2.45, 2.75) is 52.4 Å². The van der Waals surface area contributed by atoms with Crippen LogP contribution in [0.4, 0.5) is 0 Å². The second-order valence-electron chi connectivity index (χ2n) is 5.02. The van der Waals surface area contributed by atoms with Gasteiger partial charge in [-0.25, -0.2) is 0 Å². The number of Topliss-reactive ketones (excluding diaryl/α,β-unsaturated/α-hetero) is 1. The Kier molecular flexibility index (Phi) is 1.61. The summed E-state index contributed by atoms with van der Waals surface area (Å²) in [5, 5.41) is 0. The first kappa shape index (κ1) is 8.28. The molecule has 0 aromatic heterocycles. The molecule has 0 spiro atoms. The van der Waals surface area contributed by atoms with E-state index in [1.165, 1.54) is 19.3 Å². The van der Waals surface area contributed by atoms with Crippen LogP contribution in [0.5, 0.6) is 0 Å². The van der Waals surface area contributed by atoms with E-state index in [9.17, 15) is 4.79 Å². The van der Waals surface area contributed by atoms with Crippen LogP contribution >= 0.6 is 0 Å². The van der Waals surface area contributed by atoms with Gasteiger partial charge in [-0.2, -0.15) is 0 Å². The Balaban J connectivity index is 2.35. The molecule has 0 unspecified atom stereocenters. The smallest absolute Gasteiger partial charge is 0.139 e. The van der Waals surface area contributed by atoms with Crippen molar-refractivity contribution in [1.29, 1.82) is 0 Å². The standard InChI is InChI=1S/C11H18O/c1-10-6-3-4-7-11(10,2)9(12)5-8-10/h3-8H2,1-2H3/t10-,11-/m0/s1. The van der Waals surface area contributed by atoms with Crippen LogP contribution in [0.1, 0.15) is 52.4 Å². The molecule has 0 aliphatic heterocycles. The summed E-state index contributed by atoms with van der Waals surface area (Å²) in [5.41, 5.74) is 0.396. The van der Waals surface area contributed by atoms with Crippen LogP contribution in [0.2, 0.25) is 0 Å². The zero-order chi connectivity index (χ0) is 8.82. The molecule has 0 saturated heterocycles. The van der Waals surface area contributed by atoms with Gasteiger partial charge in [-0.1, -0.05) is 26.7 Å². The van der Waals surface area contributed by atoms with Crippen molar-refractivity contribution in [2.75, 3.05) is 0 Å². The van der Waals surface area contributed by atoms with Gasteiger partial charge in [0.05, 0.1) is 0 Å². The fourth-order valence-corrected chi connectivity index (χ4v) is 3.11. The Morgan fingerprint density at radius 2 is 1.75 bits per heavy atom. The molecule has 0 radical (unpaired) electrons. The SMILES string of the molecule is C[C@@]12CCCC[C@@]1(C)C(=O)CC2. The predicted octanol–water partition coefficient (Wildman–Crippen LogP) is 2.94. The van der Waals surface area contributed by atoms with Crippen LogP contribution < -0.4 is 0 Å². The summed E-state index contributed by atoms with van der Waals surface area (Å²) < 4.78 is 0. The minimum atomic E-state index is 0.0469. The van der Waals surface area contributed by atoms with E-state index in [0.717, 1.165) is 19.3 Å². The third kappa shape index (κ3) is 0.826. The van der Waals surface area contributed by atoms with E-state index >= 15 is 0 Å². The molecule has 2 aliphatic rings. The lowest BCUT2D eigenvalue weighted by Crippen LogP contribution is -2.39. The molecule has 1 nitrogen and oxygen atoms in total. The molecule has 2 saturated carbocycles. The van der Waals surface area contributed by atoms with Gasteiger partial charge >= 0.3 is 0 Å². The lowest BCUT2D eigenvalue weighted by Gasteiger charge is -2.43. The molecule has 0 bridgehead atoms. The third-order valence-corrected chi connectivity index (χ3v) is 4.51. The van der Waals surface area contributed by atoms with Gasteiger partial charge in [0.2, 0.25) is 0 Å². The second kappa shape index (κ2) is 2.34. The summed E-state index contributed by atoms with van der Waals surface area (Å²) in [6, 6.07) is 0. The molecular weight excluding hydrogens is 148 g/mol. The van der Waals surface area contributed by atoms with E-state index in [1.54, 1.807) is 0 Å². The van der Waals surface area contributed by atoms with Crippen molar-refractivity contribution in [2.24, 2.45) is 10.8 Å². The van der Waals surface area contributed by atoms with Gasteiger partial charge in [0.1, 0.15) is 5.78 Å². The first-order chi connectivity index (χ1) is 5.58. The number of carbonyl (C=O) groups excluding carboxylic acids is 1. The van der Waals surface area contributed by atoms with Gasteiger partial charge in [-0.05, 0) is 24.7 Å². The van der Waals surface area contributed by atoms with Gasteiger partial charge in [0, 0.05) is 11.8 Å². The van der Waals surface area contributed by atoms with E-state index in [-0.39, 0.29) is 5.41 Å². The molecule has 12 heavy (non-hydrogen) atoms. The molecular formula is C11H18O. The van der Waals surface area contributed by atoms with E-state index in [0.29, 0.717) is 11.2 Å². The number of ketones is 1. The highest BCUT2D eigenvalue weighted by atomic mass is 16.1. The van der Waals surface area contributed by atoms with Gasteiger partial charge in [0.15, 0.2) is 0 Å². The molecule has 2 fully saturated rings. The van der Waals surface area contributed by atoms with E-state index in [1.807, 2.05) is 0 Å². The predicted molar refractivity (Wildman–Crippen MR) is 48.9 cm³/mol. The summed E-state index contributed by atoms with van der Waals surface area (Å²) in [4.78, 5) is 11.7. The topological polar surface area (TPSA) is 17.1 Å². The van der Waals surface area contributed by atoms with Crippen molar-refractivity contribution in [3.63, 3.8) is 0 Å². The minimum absolute atomic E-state index is 0.0469. The highest BCUT2D eigenvalue weighted by molar-refractivity contribution is 5.87. The third-order valence-electron chi connectivity index (χ3n) is 4.51. The van der Waals surface area contributed by atoms with E-state index in [4.69, 9.17) is 0 Å². The Morgan fingerprint density at radius 3 is 2.42 bits per heavy atom. The second-order valence-corrected chi connectivity index (χ2v) is 5.02. The van der Waals surface area contributed by atoms with Crippen LogP contribution in [0, 0.1) is 10.8 Å². The van der Waals surface area contributed by atoms with Gasteiger partial charge < -0.3 is 0 Å². The van der Waals surface area contributed by atoms with Crippen molar-refractivity contribution >= 4 is 5.78 Å². The molecule has 2 aliphatic carbocycles. The Hall–Kier alpha value is -0.330. The quantitative estimate of drug-likeness (QED) is 0.540. The normalized spacial score (nSPS) is 47.7. The highest BCUT2D eigenvalue weighted by Crippen LogP contribution is 2.58. The van der Waals surface area contributed by atoms with Crippen molar-refractivity contribution in [3.05, 3.63) is 0 Å². The summed E-state index contributed by atoms with van der Waals surface area (Å²) in [5.74, 6) is 0.532. The molecule has 0 aromatic carbocycles. The first-order valence-corrected chi connectivity index (χ1v) is 5.12. The van der Waals surface area contributed by atoms with E-state index in [2.05, 4.69) is 13.8 Å². The Labute approximate surface area is 74.5 Å². The average Bonchev–Trinajstić information content (AvgIpc) is 2.28. The molecule has 2 rings (SSSR count). The number of carbonyl (C=O) groups is 1. The van der Waals surface area contributed by atoms with Crippen molar-refractivity contribution in [3.8, 4) is 0 Å². The molecule has 0 N–H and O–H groups in total. The molecule has 0 amide bonds. The minimum Gasteiger partial charge on any atom is -0.299 e.